The normalized spacial score (nSPS) is 11.1. The van der Waals surface area contributed by atoms with E-state index in [0.717, 1.165) is 16.2 Å². The summed E-state index contributed by atoms with van der Waals surface area (Å²) >= 11 is 1.11. The van der Waals surface area contributed by atoms with Gasteiger partial charge in [0.05, 0.1) is 6.54 Å². The fourth-order valence-corrected chi connectivity index (χ4v) is 3.73. The highest BCUT2D eigenvalue weighted by atomic mass is 32.2. The molecule has 1 heterocycles. The molecule has 0 spiro atoms. The van der Waals surface area contributed by atoms with Gasteiger partial charge in [-0.25, -0.2) is 13.1 Å². The Morgan fingerprint density at radius 1 is 1.18 bits per heavy atom. The Morgan fingerprint density at radius 3 is 2.59 bits per heavy atom. The molecule has 0 atom stereocenters. The standard InChI is InChI=1S/C14H16N2O4S2/c1-15-22(18,19)14-8-7-12(21-14)9-16-13(17)10-20-11-5-3-2-4-6-11/h2-8,15H,9-10H2,1H3,(H,16,17). The molecule has 2 aromatic rings. The molecule has 22 heavy (non-hydrogen) atoms. The highest BCUT2D eigenvalue weighted by molar-refractivity contribution is 7.91. The van der Waals surface area contributed by atoms with Gasteiger partial charge in [0.25, 0.3) is 5.91 Å². The molecule has 1 amide bonds. The van der Waals surface area contributed by atoms with Crippen LogP contribution in [0.15, 0.2) is 46.7 Å². The van der Waals surface area contributed by atoms with E-state index >= 15 is 0 Å². The third-order valence-corrected chi connectivity index (χ3v) is 5.73. The summed E-state index contributed by atoms with van der Waals surface area (Å²) < 4.78 is 31.0. The van der Waals surface area contributed by atoms with E-state index in [2.05, 4.69) is 10.0 Å². The van der Waals surface area contributed by atoms with Gasteiger partial charge in [-0.1, -0.05) is 18.2 Å². The number of benzene rings is 1. The zero-order chi connectivity index (χ0) is 16.0. The van der Waals surface area contributed by atoms with Gasteiger partial charge in [0.15, 0.2) is 6.61 Å². The monoisotopic (exact) mass is 340 g/mol. The van der Waals surface area contributed by atoms with Gasteiger partial charge in [0.2, 0.25) is 10.0 Å². The smallest absolute Gasteiger partial charge is 0.258 e. The van der Waals surface area contributed by atoms with Crippen LogP contribution >= 0.6 is 11.3 Å². The number of carbonyl (C=O) groups is 1. The summed E-state index contributed by atoms with van der Waals surface area (Å²) in [6.07, 6.45) is 0. The Kier molecular flexibility index (Phi) is 5.53. The molecule has 8 heteroatoms. The molecule has 0 bridgehead atoms. The van der Waals surface area contributed by atoms with Crippen molar-refractivity contribution in [2.75, 3.05) is 13.7 Å². The van der Waals surface area contributed by atoms with Crippen molar-refractivity contribution >= 4 is 27.3 Å². The Bertz CT molecular complexity index is 726. The number of nitrogens with one attached hydrogen (secondary N) is 2. The van der Waals surface area contributed by atoms with Crippen molar-refractivity contribution in [3.8, 4) is 5.75 Å². The van der Waals surface area contributed by atoms with Crippen molar-refractivity contribution in [1.82, 2.24) is 10.0 Å². The number of amides is 1. The molecule has 118 valence electrons. The van der Waals surface area contributed by atoms with Gasteiger partial charge in [-0.05, 0) is 31.3 Å². The first kappa shape index (κ1) is 16.5. The highest BCUT2D eigenvalue weighted by Gasteiger charge is 2.14. The van der Waals surface area contributed by atoms with E-state index in [9.17, 15) is 13.2 Å². The molecule has 0 unspecified atom stereocenters. The predicted octanol–water partition coefficient (Wildman–Crippen LogP) is 1.35. The molecular weight excluding hydrogens is 324 g/mol. The second kappa shape index (κ2) is 7.39. The Labute approximate surface area is 133 Å². The number of ether oxygens (including phenoxy) is 1. The predicted molar refractivity (Wildman–Crippen MR) is 84.3 cm³/mol. The second-order valence-electron chi connectivity index (χ2n) is 4.31. The molecule has 0 aliphatic heterocycles. The maximum Gasteiger partial charge on any atom is 0.258 e. The fraction of sp³-hybridized carbons (Fsp3) is 0.214. The minimum atomic E-state index is -3.43. The number of sulfonamides is 1. The topological polar surface area (TPSA) is 84.5 Å². The van der Waals surface area contributed by atoms with Crippen molar-refractivity contribution < 1.29 is 17.9 Å². The molecule has 0 aliphatic rings. The van der Waals surface area contributed by atoms with Gasteiger partial charge in [-0.2, -0.15) is 0 Å². The Balaban J connectivity index is 1.82. The first-order valence-corrected chi connectivity index (χ1v) is 8.78. The summed E-state index contributed by atoms with van der Waals surface area (Å²) in [7, 11) is -2.07. The van der Waals surface area contributed by atoms with Crippen molar-refractivity contribution in [3.05, 3.63) is 47.3 Å². The van der Waals surface area contributed by atoms with E-state index in [1.807, 2.05) is 18.2 Å². The molecule has 0 fully saturated rings. The van der Waals surface area contributed by atoms with Crippen LogP contribution in [-0.2, 0) is 21.4 Å². The van der Waals surface area contributed by atoms with Crippen LogP contribution in [0.1, 0.15) is 4.88 Å². The van der Waals surface area contributed by atoms with E-state index in [1.165, 1.54) is 13.1 Å². The molecule has 0 saturated heterocycles. The lowest BCUT2D eigenvalue weighted by Crippen LogP contribution is -2.28. The summed E-state index contributed by atoms with van der Waals surface area (Å²) in [5, 5.41) is 2.68. The number of rotatable bonds is 7. The maximum absolute atomic E-state index is 11.7. The number of hydrogen-bond donors (Lipinski definition) is 2. The Hall–Kier alpha value is -1.90. The molecule has 1 aromatic carbocycles. The van der Waals surface area contributed by atoms with Crippen LogP contribution in [0.4, 0.5) is 0 Å². The summed E-state index contributed by atoms with van der Waals surface area (Å²) in [4.78, 5) is 12.4. The quantitative estimate of drug-likeness (QED) is 0.797. The van der Waals surface area contributed by atoms with Crippen LogP contribution in [0.5, 0.6) is 5.75 Å². The molecule has 6 nitrogen and oxygen atoms in total. The summed E-state index contributed by atoms with van der Waals surface area (Å²) in [6.45, 7) is 0.179. The van der Waals surface area contributed by atoms with Crippen molar-refractivity contribution in [2.24, 2.45) is 0 Å². The number of carbonyl (C=O) groups excluding carboxylic acids is 1. The van der Waals surface area contributed by atoms with Gasteiger partial charge in [-0.3, -0.25) is 4.79 Å². The molecule has 0 saturated carbocycles. The third kappa shape index (κ3) is 4.55. The molecule has 1 aromatic heterocycles. The maximum atomic E-state index is 11.7. The third-order valence-electron chi connectivity index (χ3n) is 2.74. The van der Waals surface area contributed by atoms with Crippen molar-refractivity contribution in [1.29, 1.82) is 0 Å². The second-order valence-corrected chi connectivity index (χ2v) is 7.59. The van der Waals surface area contributed by atoms with Gasteiger partial charge in [-0.15, -0.1) is 11.3 Å². The number of hydrogen-bond acceptors (Lipinski definition) is 5. The first-order valence-electron chi connectivity index (χ1n) is 6.48. The lowest BCUT2D eigenvalue weighted by Gasteiger charge is -2.06. The van der Waals surface area contributed by atoms with E-state index in [0.29, 0.717) is 5.75 Å². The van der Waals surface area contributed by atoms with Crippen LogP contribution in [0.3, 0.4) is 0 Å². The molecule has 2 rings (SSSR count). The van der Waals surface area contributed by atoms with E-state index < -0.39 is 10.0 Å². The zero-order valence-electron chi connectivity index (χ0n) is 11.9. The summed E-state index contributed by atoms with van der Waals surface area (Å²) in [6, 6.07) is 12.2. The van der Waals surface area contributed by atoms with Crippen LogP contribution in [0.2, 0.25) is 0 Å². The highest BCUT2D eigenvalue weighted by Crippen LogP contribution is 2.20. The van der Waals surface area contributed by atoms with Crippen molar-refractivity contribution in [2.45, 2.75) is 10.8 Å². The molecule has 0 radical (unpaired) electrons. The van der Waals surface area contributed by atoms with E-state index in [4.69, 9.17) is 4.74 Å². The van der Waals surface area contributed by atoms with Crippen molar-refractivity contribution in [3.63, 3.8) is 0 Å². The fourth-order valence-electron chi connectivity index (χ4n) is 1.60. The number of thiophene rings is 1. The van der Waals surface area contributed by atoms with E-state index in [-0.39, 0.29) is 23.3 Å². The largest absolute Gasteiger partial charge is 0.484 e. The van der Waals surface area contributed by atoms with Gasteiger partial charge in [0, 0.05) is 4.88 Å². The Morgan fingerprint density at radius 2 is 1.91 bits per heavy atom. The molecule has 2 N–H and O–H groups in total. The summed E-state index contributed by atoms with van der Waals surface area (Å²) in [5.41, 5.74) is 0. The van der Waals surface area contributed by atoms with Crippen LogP contribution in [0, 0.1) is 0 Å². The van der Waals surface area contributed by atoms with Crippen LogP contribution in [0.25, 0.3) is 0 Å². The summed E-state index contributed by atoms with van der Waals surface area (Å²) in [5.74, 6) is 0.353. The van der Waals surface area contributed by atoms with Gasteiger partial charge >= 0.3 is 0 Å². The van der Waals surface area contributed by atoms with Crippen LogP contribution < -0.4 is 14.8 Å². The average Bonchev–Trinajstić information content (AvgIpc) is 3.02. The SMILES string of the molecule is CNS(=O)(=O)c1ccc(CNC(=O)COc2ccccc2)s1. The van der Waals surface area contributed by atoms with E-state index in [1.54, 1.807) is 18.2 Å². The van der Waals surface area contributed by atoms with Gasteiger partial charge in [0.1, 0.15) is 9.96 Å². The molecular formula is C14H16N2O4S2. The first-order chi connectivity index (χ1) is 10.5. The lowest BCUT2D eigenvalue weighted by molar-refractivity contribution is -0.123. The lowest BCUT2D eigenvalue weighted by atomic mass is 10.3. The number of para-hydroxylation sites is 1. The molecule has 0 aliphatic carbocycles. The minimum Gasteiger partial charge on any atom is -0.484 e. The average molecular weight is 340 g/mol. The van der Waals surface area contributed by atoms with Crippen LogP contribution in [-0.4, -0.2) is 28.0 Å². The van der Waals surface area contributed by atoms with Gasteiger partial charge < -0.3 is 10.1 Å². The zero-order valence-corrected chi connectivity index (χ0v) is 13.5. The minimum absolute atomic E-state index is 0.0863.